The fraction of sp³-hybridized carbons (Fsp3) is 0.385. The Labute approximate surface area is 314 Å². The first-order chi connectivity index (χ1) is 25.4. The molecule has 284 valence electrons. The van der Waals surface area contributed by atoms with Gasteiger partial charge in [0.05, 0.1) is 0 Å². The van der Waals surface area contributed by atoms with Crippen LogP contribution in [0, 0.1) is 5.92 Å². The molecule has 5 amide bonds. The number of phenolic OH excluding ortho intramolecular Hbond substituents is 1. The molecule has 7 N–H and O–H groups in total. The highest BCUT2D eigenvalue weighted by molar-refractivity contribution is 7.98. The van der Waals surface area contributed by atoms with Crippen LogP contribution in [-0.2, 0) is 48.0 Å². The van der Waals surface area contributed by atoms with Gasteiger partial charge < -0.3 is 36.8 Å². The highest BCUT2D eigenvalue weighted by atomic mass is 32.2. The van der Waals surface area contributed by atoms with Crippen molar-refractivity contribution < 1.29 is 39.0 Å². The van der Waals surface area contributed by atoms with Gasteiger partial charge in [-0.15, -0.1) is 0 Å². The van der Waals surface area contributed by atoms with Crippen molar-refractivity contribution in [1.82, 2.24) is 26.6 Å². The van der Waals surface area contributed by atoms with Crippen molar-refractivity contribution in [2.24, 2.45) is 5.92 Å². The molecule has 0 saturated heterocycles. The Balaban J connectivity index is 1.90. The Hall–Kier alpha value is -5.37. The van der Waals surface area contributed by atoms with Crippen LogP contribution in [-0.4, -0.2) is 88.4 Å². The molecule has 0 spiro atoms. The normalized spacial score (nSPS) is 13.7. The molecule has 0 aliphatic heterocycles. The minimum Gasteiger partial charge on any atom is -0.508 e. The quantitative estimate of drug-likeness (QED) is 0.0754. The Bertz CT molecular complexity index is 1640. The summed E-state index contributed by atoms with van der Waals surface area (Å²) in [6.45, 7) is 3.76. The molecule has 0 radical (unpaired) electrons. The molecule has 0 aliphatic rings. The first kappa shape index (κ1) is 42.0. The number of thioether (sulfide) groups is 1. The third-order valence-corrected chi connectivity index (χ3v) is 9.00. The minimum absolute atomic E-state index is 0.00113. The Morgan fingerprint density at radius 1 is 0.623 bits per heavy atom. The van der Waals surface area contributed by atoms with E-state index in [9.17, 15) is 39.0 Å². The number of carboxylic acid groups (broad SMARTS) is 1. The molecule has 0 fully saturated rings. The molecule has 5 atom stereocenters. The van der Waals surface area contributed by atoms with Gasteiger partial charge in [0.2, 0.25) is 30.0 Å². The van der Waals surface area contributed by atoms with Crippen LogP contribution >= 0.6 is 11.8 Å². The van der Waals surface area contributed by atoms with Gasteiger partial charge in [-0.05, 0) is 59.6 Å². The van der Waals surface area contributed by atoms with Crippen LogP contribution < -0.4 is 26.6 Å². The van der Waals surface area contributed by atoms with Gasteiger partial charge in [-0.1, -0.05) is 86.6 Å². The second kappa shape index (κ2) is 21.9. The molecule has 3 aromatic rings. The maximum absolute atomic E-state index is 14.1. The topological polar surface area (TPSA) is 203 Å². The number of benzene rings is 3. The zero-order valence-electron chi connectivity index (χ0n) is 30.1. The lowest BCUT2D eigenvalue weighted by molar-refractivity contribution is -0.142. The zero-order valence-corrected chi connectivity index (χ0v) is 30.9. The summed E-state index contributed by atoms with van der Waals surface area (Å²) >= 11 is 1.51. The summed E-state index contributed by atoms with van der Waals surface area (Å²) in [6.07, 6.45) is 2.86. The maximum atomic E-state index is 14.1. The number of carbonyl (C=O) groups excluding carboxylic acids is 5. The number of hydrogen-bond acceptors (Lipinski definition) is 8. The summed E-state index contributed by atoms with van der Waals surface area (Å²) in [4.78, 5) is 78.5. The van der Waals surface area contributed by atoms with Crippen LogP contribution in [0.3, 0.4) is 0 Å². The largest absolute Gasteiger partial charge is 0.508 e. The summed E-state index contributed by atoms with van der Waals surface area (Å²) in [5.74, 6) is -3.35. The number of phenols is 1. The Morgan fingerprint density at radius 3 is 1.49 bits per heavy atom. The molecule has 1 unspecified atom stereocenters. The first-order valence-corrected chi connectivity index (χ1v) is 18.8. The van der Waals surface area contributed by atoms with Crippen molar-refractivity contribution >= 4 is 47.8 Å². The van der Waals surface area contributed by atoms with Crippen molar-refractivity contribution in [3.8, 4) is 5.75 Å². The van der Waals surface area contributed by atoms with Gasteiger partial charge in [0.25, 0.3) is 0 Å². The number of hydrogen-bond donors (Lipinski definition) is 7. The molecule has 0 aliphatic carbocycles. The van der Waals surface area contributed by atoms with Crippen LogP contribution in [0.4, 0.5) is 0 Å². The van der Waals surface area contributed by atoms with Crippen LogP contribution in [0.15, 0.2) is 84.9 Å². The first-order valence-electron chi connectivity index (χ1n) is 17.4. The molecule has 3 rings (SSSR count). The van der Waals surface area contributed by atoms with Gasteiger partial charge in [-0.3, -0.25) is 24.0 Å². The lowest BCUT2D eigenvalue weighted by atomic mass is 9.99. The average molecular weight is 748 g/mol. The SMILES string of the molecule is CSCC[C@H](NC=O)C(=O)N[C@@H](CC(C)C)C(=O)N[C@@H](Cc1ccccc1)C(=O)N[C@@H](Cc1ccc(O)cc1)C(=O)NC(Cc1ccccc1)C(=O)O. The molecule has 53 heavy (non-hydrogen) atoms. The molecule has 13 nitrogen and oxygen atoms in total. The van der Waals surface area contributed by atoms with Crippen molar-refractivity contribution in [3.05, 3.63) is 102 Å². The fourth-order valence-electron chi connectivity index (χ4n) is 5.59. The molecule has 14 heteroatoms. The van der Waals surface area contributed by atoms with Gasteiger partial charge in [-0.2, -0.15) is 11.8 Å². The monoisotopic (exact) mass is 747 g/mol. The van der Waals surface area contributed by atoms with E-state index in [4.69, 9.17) is 0 Å². The van der Waals surface area contributed by atoms with Crippen molar-refractivity contribution in [3.63, 3.8) is 0 Å². The van der Waals surface area contributed by atoms with Gasteiger partial charge in [0.15, 0.2) is 0 Å². The number of amides is 5. The zero-order chi connectivity index (χ0) is 38.8. The number of carboxylic acids is 1. The van der Waals surface area contributed by atoms with E-state index >= 15 is 0 Å². The Kier molecular flexibility index (Phi) is 17.3. The molecule has 0 heterocycles. The van der Waals surface area contributed by atoms with Crippen molar-refractivity contribution in [2.75, 3.05) is 12.0 Å². The van der Waals surface area contributed by atoms with Crippen LogP contribution in [0.1, 0.15) is 43.4 Å². The number of carbonyl (C=O) groups is 6. The number of rotatable bonds is 22. The number of aliphatic carboxylic acids is 1. The van der Waals surface area contributed by atoms with Crippen LogP contribution in [0.5, 0.6) is 5.75 Å². The molecule has 0 saturated carbocycles. The third-order valence-electron chi connectivity index (χ3n) is 8.36. The van der Waals surface area contributed by atoms with Gasteiger partial charge in [-0.25, -0.2) is 4.79 Å². The summed E-state index contributed by atoms with van der Waals surface area (Å²) in [5, 5.41) is 33.1. The maximum Gasteiger partial charge on any atom is 0.326 e. The predicted molar refractivity (Wildman–Crippen MR) is 203 cm³/mol. The van der Waals surface area contributed by atoms with E-state index in [2.05, 4.69) is 26.6 Å². The highest BCUT2D eigenvalue weighted by Gasteiger charge is 2.33. The van der Waals surface area contributed by atoms with E-state index in [1.807, 2.05) is 20.1 Å². The van der Waals surface area contributed by atoms with Crippen molar-refractivity contribution in [1.29, 1.82) is 0 Å². The van der Waals surface area contributed by atoms with Gasteiger partial charge in [0.1, 0.15) is 36.0 Å². The fourth-order valence-corrected chi connectivity index (χ4v) is 6.06. The predicted octanol–water partition coefficient (Wildman–Crippen LogP) is 2.36. The van der Waals surface area contributed by atoms with Gasteiger partial charge >= 0.3 is 5.97 Å². The van der Waals surface area contributed by atoms with Crippen LogP contribution in [0.25, 0.3) is 0 Å². The third kappa shape index (κ3) is 14.6. The van der Waals surface area contributed by atoms with E-state index in [1.54, 1.807) is 72.8 Å². The van der Waals surface area contributed by atoms with Gasteiger partial charge in [0, 0.05) is 19.3 Å². The van der Waals surface area contributed by atoms with E-state index in [1.165, 1.54) is 23.9 Å². The number of nitrogens with one attached hydrogen (secondary N) is 5. The lowest BCUT2D eigenvalue weighted by Crippen LogP contribution is -2.59. The Morgan fingerprint density at radius 2 is 1.04 bits per heavy atom. The molecule has 0 aromatic heterocycles. The molecular formula is C39H49N5O8S. The van der Waals surface area contributed by atoms with E-state index in [0.717, 1.165) is 0 Å². The molecule has 3 aromatic carbocycles. The summed E-state index contributed by atoms with van der Waals surface area (Å²) in [5.41, 5.74) is 1.96. The standard InChI is InChI=1S/C39H49N5O8S/c1-25(2)20-31(41-35(47)30(40-24-45)18-19-53-3)36(48)42-32(21-26-10-6-4-7-11-26)37(49)43-33(22-28-14-16-29(46)17-15-28)38(50)44-34(39(51)52)23-27-12-8-5-9-13-27/h4-17,24-25,30-34,46H,18-23H2,1-3H3,(H,40,45)(H,41,47)(H,42,48)(H,43,49)(H,44,50)(H,51,52)/t30-,31-,32-,33-,34?/m0/s1. The summed E-state index contributed by atoms with van der Waals surface area (Å²) in [6, 6.07) is 18.0. The summed E-state index contributed by atoms with van der Waals surface area (Å²) < 4.78 is 0. The van der Waals surface area contributed by atoms with Crippen LogP contribution in [0.2, 0.25) is 0 Å². The lowest BCUT2D eigenvalue weighted by Gasteiger charge is -2.27. The molecular weight excluding hydrogens is 699 g/mol. The average Bonchev–Trinajstić information content (AvgIpc) is 3.13. The van der Waals surface area contributed by atoms with E-state index in [-0.39, 0.29) is 37.4 Å². The number of aromatic hydroxyl groups is 1. The van der Waals surface area contributed by atoms with Crippen molar-refractivity contribution in [2.45, 2.75) is 76.2 Å². The molecule has 0 bridgehead atoms. The van der Waals surface area contributed by atoms with E-state index < -0.39 is 59.8 Å². The van der Waals surface area contributed by atoms with E-state index in [0.29, 0.717) is 35.3 Å². The second-order valence-electron chi connectivity index (χ2n) is 13.1. The smallest absolute Gasteiger partial charge is 0.326 e. The summed E-state index contributed by atoms with van der Waals surface area (Å²) in [7, 11) is 0. The highest BCUT2D eigenvalue weighted by Crippen LogP contribution is 2.14. The second-order valence-corrected chi connectivity index (χ2v) is 14.1. The minimum atomic E-state index is -1.31.